The van der Waals surface area contributed by atoms with Crippen LogP contribution < -0.4 is 10.3 Å². The second-order valence-electron chi connectivity index (χ2n) is 4.23. The summed E-state index contributed by atoms with van der Waals surface area (Å²) in [5.74, 6) is 0.569. The fourth-order valence-electron chi connectivity index (χ4n) is 1.91. The first-order chi connectivity index (χ1) is 9.20. The van der Waals surface area contributed by atoms with Crippen LogP contribution in [0.4, 0.5) is 5.95 Å². The van der Waals surface area contributed by atoms with Gasteiger partial charge in [-0.15, -0.1) is 11.8 Å². The molecule has 0 saturated carbocycles. The molecule has 0 bridgehead atoms. The molecule has 0 aliphatic rings. The van der Waals surface area contributed by atoms with E-state index in [1.165, 1.54) is 14.9 Å². The van der Waals surface area contributed by atoms with Crippen LogP contribution in [0.1, 0.15) is 12.0 Å². The second-order valence-corrected chi connectivity index (χ2v) is 5.97. The first-order valence-electron chi connectivity index (χ1n) is 6.13. The highest BCUT2D eigenvalue weighted by Gasteiger charge is 2.06. The van der Waals surface area contributed by atoms with Crippen molar-refractivity contribution in [3.63, 3.8) is 0 Å². The van der Waals surface area contributed by atoms with Crippen LogP contribution >= 0.6 is 27.7 Å². The molecule has 0 saturated heterocycles. The Bertz CT molecular complexity index is 560. The molecule has 0 spiro atoms. The highest BCUT2D eigenvalue weighted by molar-refractivity contribution is 9.10. The highest BCUT2D eigenvalue weighted by Crippen LogP contribution is 2.24. The third-order valence-electron chi connectivity index (χ3n) is 2.95. The zero-order chi connectivity index (χ0) is 13.7. The largest absolute Gasteiger partial charge is 0.389 e. The number of hydrogen-bond donors (Lipinski definition) is 1. The van der Waals surface area contributed by atoms with Crippen molar-refractivity contribution in [3.8, 4) is 0 Å². The standard InChI is InChI=1S/C14H16BrN3S/c1-19-12-5-6-13(15)11(10-12)4-2-8-18-9-3-7-17-14(18)16/h3,5-7,9-10,16H,2,4,8H2,1H3/p+1. The molecule has 1 aromatic heterocycles. The summed E-state index contributed by atoms with van der Waals surface area (Å²) in [6.07, 6.45) is 7.84. The predicted molar refractivity (Wildman–Crippen MR) is 83.1 cm³/mol. The maximum atomic E-state index is 5.81. The van der Waals surface area contributed by atoms with E-state index in [1.54, 1.807) is 18.0 Å². The minimum absolute atomic E-state index is 0.569. The molecule has 1 heterocycles. The Kier molecular flexibility index (Phi) is 5.22. The van der Waals surface area contributed by atoms with Gasteiger partial charge >= 0.3 is 5.95 Å². The van der Waals surface area contributed by atoms with Crippen molar-refractivity contribution in [2.75, 3.05) is 12.0 Å². The summed E-state index contributed by atoms with van der Waals surface area (Å²) < 4.78 is 3.15. The topological polar surface area (TPSA) is 42.8 Å². The maximum absolute atomic E-state index is 5.81. The van der Waals surface area contributed by atoms with Crippen LogP contribution in [0.5, 0.6) is 0 Å². The van der Waals surface area contributed by atoms with E-state index >= 15 is 0 Å². The van der Waals surface area contributed by atoms with E-state index in [1.807, 2.05) is 16.8 Å². The number of aryl methyl sites for hydroxylation is 2. The van der Waals surface area contributed by atoms with Crippen molar-refractivity contribution in [1.82, 2.24) is 4.98 Å². The van der Waals surface area contributed by atoms with Crippen molar-refractivity contribution in [1.29, 1.82) is 0 Å². The van der Waals surface area contributed by atoms with E-state index in [4.69, 9.17) is 5.73 Å². The Morgan fingerprint density at radius 2 is 2.26 bits per heavy atom. The molecular weight excluding hydrogens is 322 g/mol. The molecule has 1 aromatic carbocycles. The van der Waals surface area contributed by atoms with Gasteiger partial charge in [0, 0.05) is 15.4 Å². The van der Waals surface area contributed by atoms with E-state index in [0.29, 0.717) is 5.95 Å². The third kappa shape index (κ3) is 3.94. The Hall–Kier alpha value is -1.07. The summed E-state index contributed by atoms with van der Waals surface area (Å²) in [4.78, 5) is 5.38. The second kappa shape index (κ2) is 6.91. The molecule has 2 rings (SSSR count). The normalized spacial score (nSPS) is 10.6. The van der Waals surface area contributed by atoms with Gasteiger partial charge in [0.2, 0.25) is 0 Å². The fourth-order valence-corrected chi connectivity index (χ4v) is 2.82. The lowest BCUT2D eigenvalue weighted by atomic mass is 10.1. The Morgan fingerprint density at radius 3 is 3.00 bits per heavy atom. The third-order valence-corrected chi connectivity index (χ3v) is 4.45. The number of nitrogens with zero attached hydrogens (tertiary/aromatic N) is 2. The first kappa shape index (κ1) is 14.3. The number of rotatable bonds is 5. The quantitative estimate of drug-likeness (QED) is 0.672. The first-order valence-corrected chi connectivity index (χ1v) is 8.15. The van der Waals surface area contributed by atoms with Crippen LogP contribution in [0, 0.1) is 0 Å². The van der Waals surface area contributed by atoms with Gasteiger partial charge in [-0.2, -0.15) is 0 Å². The van der Waals surface area contributed by atoms with Gasteiger partial charge in [-0.3, -0.25) is 5.73 Å². The van der Waals surface area contributed by atoms with Gasteiger partial charge in [-0.1, -0.05) is 20.9 Å². The molecule has 0 amide bonds. The van der Waals surface area contributed by atoms with Crippen LogP contribution in [0.3, 0.4) is 0 Å². The van der Waals surface area contributed by atoms with E-state index < -0.39 is 0 Å². The van der Waals surface area contributed by atoms with Crippen molar-refractivity contribution >= 4 is 33.6 Å². The molecule has 19 heavy (non-hydrogen) atoms. The fraction of sp³-hybridized carbons (Fsp3) is 0.286. The van der Waals surface area contributed by atoms with Crippen molar-refractivity contribution in [2.45, 2.75) is 24.3 Å². The molecule has 5 heteroatoms. The van der Waals surface area contributed by atoms with E-state index in [2.05, 4.69) is 45.4 Å². The van der Waals surface area contributed by atoms with Gasteiger partial charge < -0.3 is 0 Å². The van der Waals surface area contributed by atoms with E-state index in [9.17, 15) is 0 Å². The van der Waals surface area contributed by atoms with Gasteiger partial charge in [-0.05, 0) is 42.9 Å². The zero-order valence-electron chi connectivity index (χ0n) is 10.8. The summed E-state index contributed by atoms with van der Waals surface area (Å²) in [6, 6.07) is 8.39. The SMILES string of the molecule is CSc1ccc(Br)c(CCC[n+]2cccnc2N)c1. The minimum Gasteiger partial charge on any atom is -0.287 e. The van der Waals surface area contributed by atoms with Gasteiger partial charge in [-0.25, -0.2) is 4.57 Å². The maximum Gasteiger partial charge on any atom is 0.389 e. The molecule has 0 unspecified atom stereocenters. The monoisotopic (exact) mass is 338 g/mol. The molecule has 0 radical (unpaired) electrons. The smallest absolute Gasteiger partial charge is 0.287 e. The summed E-state index contributed by atoms with van der Waals surface area (Å²) in [6.45, 7) is 0.885. The average Bonchev–Trinajstić information content (AvgIpc) is 2.43. The number of hydrogen-bond acceptors (Lipinski definition) is 3. The van der Waals surface area contributed by atoms with Crippen molar-refractivity contribution < 1.29 is 4.57 Å². The van der Waals surface area contributed by atoms with Crippen LogP contribution in [-0.4, -0.2) is 11.2 Å². The number of benzene rings is 1. The molecular formula is C14H17BrN3S+. The van der Waals surface area contributed by atoms with Crippen LogP contribution in [-0.2, 0) is 13.0 Å². The number of anilines is 1. The molecule has 2 aromatic rings. The molecule has 3 nitrogen and oxygen atoms in total. The van der Waals surface area contributed by atoms with E-state index in [0.717, 1.165) is 19.4 Å². The molecule has 100 valence electrons. The average molecular weight is 339 g/mol. The van der Waals surface area contributed by atoms with Crippen LogP contribution in [0.15, 0.2) is 46.0 Å². The highest BCUT2D eigenvalue weighted by atomic mass is 79.9. The van der Waals surface area contributed by atoms with Gasteiger partial charge in [0.15, 0.2) is 0 Å². The summed E-state index contributed by atoms with van der Waals surface area (Å²) in [5.41, 5.74) is 7.16. The summed E-state index contributed by atoms with van der Waals surface area (Å²) >= 11 is 5.38. The number of nitrogens with two attached hydrogens (primary N) is 1. The number of aromatic nitrogens is 2. The van der Waals surface area contributed by atoms with Crippen molar-refractivity contribution in [2.24, 2.45) is 0 Å². The molecule has 0 atom stereocenters. The summed E-state index contributed by atoms with van der Waals surface area (Å²) in [7, 11) is 0. The number of nitrogen functional groups attached to an aromatic ring is 1. The van der Waals surface area contributed by atoms with Crippen LogP contribution in [0.2, 0.25) is 0 Å². The van der Waals surface area contributed by atoms with Gasteiger partial charge in [0.1, 0.15) is 6.20 Å². The lowest BCUT2D eigenvalue weighted by Gasteiger charge is -2.07. The predicted octanol–water partition coefficient (Wildman–Crippen LogP) is 3.07. The van der Waals surface area contributed by atoms with Crippen LogP contribution in [0.25, 0.3) is 0 Å². The van der Waals surface area contributed by atoms with E-state index in [-0.39, 0.29) is 0 Å². The zero-order valence-corrected chi connectivity index (χ0v) is 13.2. The van der Waals surface area contributed by atoms with Crippen molar-refractivity contribution in [3.05, 3.63) is 46.7 Å². The number of halogens is 1. The lowest BCUT2D eigenvalue weighted by Crippen LogP contribution is -2.37. The molecule has 2 N–H and O–H groups in total. The number of thioether (sulfide) groups is 1. The minimum atomic E-state index is 0.569. The lowest BCUT2D eigenvalue weighted by molar-refractivity contribution is -0.685. The molecule has 0 aliphatic carbocycles. The van der Waals surface area contributed by atoms with Gasteiger partial charge in [0.05, 0.1) is 12.7 Å². The summed E-state index contributed by atoms with van der Waals surface area (Å²) in [5, 5.41) is 0. The molecule has 0 fully saturated rings. The Balaban J connectivity index is 1.98. The Labute approximate surface area is 126 Å². The molecule has 0 aliphatic heterocycles. The Morgan fingerprint density at radius 1 is 1.42 bits per heavy atom. The van der Waals surface area contributed by atoms with Gasteiger partial charge in [0.25, 0.3) is 0 Å².